The normalized spacial score (nSPS) is 28.2. The molecule has 29 heavy (non-hydrogen) atoms. The molecule has 0 aromatic carbocycles. The predicted octanol–water partition coefficient (Wildman–Crippen LogP) is 1.64. The van der Waals surface area contributed by atoms with E-state index in [-0.39, 0.29) is 42.7 Å². The molecule has 7 nitrogen and oxygen atoms in total. The fraction of sp³-hybridized carbons (Fsp3) is 0.905. The number of rotatable bonds is 7. The number of hydrogen-bond donors (Lipinski definition) is 3. The second-order valence-corrected chi connectivity index (χ2v) is 8.90. The molecular formula is C21H38ClN3O4. The van der Waals surface area contributed by atoms with Crippen molar-refractivity contribution in [2.75, 3.05) is 39.5 Å². The lowest BCUT2D eigenvalue weighted by molar-refractivity contribution is -0.137. The van der Waals surface area contributed by atoms with Crippen LogP contribution in [-0.2, 0) is 19.1 Å². The molecule has 0 bridgehead atoms. The van der Waals surface area contributed by atoms with Gasteiger partial charge >= 0.3 is 0 Å². The molecule has 3 atom stereocenters. The summed E-state index contributed by atoms with van der Waals surface area (Å²) in [6, 6.07) is 0.227. The van der Waals surface area contributed by atoms with Gasteiger partial charge in [0.2, 0.25) is 11.8 Å². The number of amides is 2. The van der Waals surface area contributed by atoms with E-state index in [2.05, 4.69) is 29.8 Å². The Kier molecular flexibility index (Phi) is 9.66. The molecule has 3 aliphatic heterocycles. The van der Waals surface area contributed by atoms with Gasteiger partial charge in [0.15, 0.2) is 0 Å². The van der Waals surface area contributed by atoms with Crippen LogP contribution in [0.25, 0.3) is 0 Å². The van der Waals surface area contributed by atoms with Gasteiger partial charge in [-0.05, 0) is 64.3 Å². The van der Waals surface area contributed by atoms with E-state index in [1.165, 1.54) is 0 Å². The lowest BCUT2D eigenvalue weighted by Crippen LogP contribution is -2.51. The van der Waals surface area contributed by atoms with Crippen LogP contribution in [0.3, 0.4) is 0 Å². The van der Waals surface area contributed by atoms with E-state index in [0.29, 0.717) is 24.8 Å². The van der Waals surface area contributed by atoms with E-state index in [1.807, 2.05) is 0 Å². The average molecular weight is 432 g/mol. The molecule has 0 spiro atoms. The van der Waals surface area contributed by atoms with Crippen molar-refractivity contribution < 1.29 is 19.1 Å². The van der Waals surface area contributed by atoms with Gasteiger partial charge in [0.25, 0.3) is 0 Å². The van der Waals surface area contributed by atoms with Gasteiger partial charge in [0.1, 0.15) is 0 Å². The molecule has 3 aliphatic rings. The Morgan fingerprint density at radius 1 is 0.966 bits per heavy atom. The summed E-state index contributed by atoms with van der Waals surface area (Å²) in [6.45, 7) is 8.57. The van der Waals surface area contributed by atoms with Gasteiger partial charge < -0.3 is 25.4 Å². The first-order valence-electron chi connectivity index (χ1n) is 11.0. The topological polar surface area (TPSA) is 88.7 Å². The zero-order chi connectivity index (χ0) is 20.0. The largest absolute Gasteiger partial charge is 0.381 e. The van der Waals surface area contributed by atoms with Crippen molar-refractivity contribution >= 4 is 24.2 Å². The molecule has 3 rings (SSSR count). The van der Waals surface area contributed by atoms with Crippen LogP contribution < -0.4 is 16.0 Å². The predicted molar refractivity (Wildman–Crippen MR) is 114 cm³/mol. The standard InChI is InChI=1S/C21H37N3O4.ClH/c1-15(17-3-9-27-10-4-17)23-19(25)13-21(7-8-22-14-21)20(26)24-16(2)18-5-11-28-12-6-18;/h15-18,22H,3-14H2,1-2H3,(H,23,25)(H,24,26);1H. The van der Waals surface area contributed by atoms with Crippen molar-refractivity contribution in [3.63, 3.8) is 0 Å². The fourth-order valence-corrected chi connectivity index (χ4v) is 4.81. The molecule has 3 saturated heterocycles. The van der Waals surface area contributed by atoms with E-state index < -0.39 is 5.41 Å². The Bertz CT molecular complexity index is 530. The number of hydrogen-bond acceptors (Lipinski definition) is 5. The Hall–Kier alpha value is -0.890. The molecule has 3 unspecified atom stereocenters. The van der Waals surface area contributed by atoms with Crippen molar-refractivity contribution in [3.05, 3.63) is 0 Å². The number of halogens is 1. The molecular weight excluding hydrogens is 394 g/mol. The smallest absolute Gasteiger partial charge is 0.228 e. The molecule has 0 radical (unpaired) electrons. The highest BCUT2D eigenvalue weighted by Gasteiger charge is 2.44. The van der Waals surface area contributed by atoms with Crippen molar-refractivity contribution in [2.45, 2.75) is 64.5 Å². The quantitative estimate of drug-likeness (QED) is 0.570. The van der Waals surface area contributed by atoms with Gasteiger partial charge in [-0.15, -0.1) is 12.4 Å². The van der Waals surface area contributed by atoms with Crippen molar-refractivity contribution in [3.8, 4) is 0 Å². The molecule has 0 saturated carbocycles. The third-order valence-electron chi connectivity index (χ3n) is 6.92. The number of carbonyl (C=O) groups excluding carboxylic acids is 2. The first kappa shape index (κ1) is 24.4. The van der Waals surface area contributed by atoms with Crippen LogP contribution in [0.4, 0.5) is 0 Å². The van der Waals surface area contributed by atoms with Crippen molar-refractivity contribution in [1.82, 2.24) is 16.0 Å². The molecule has 8 heteroatoms. The minimum atomic E-state index is -0.640. The zero-order valence-electron chi connectivity index (χ0n) is 17.8. The van der Waals surface area contributed by atoms with E-state index in [0.717, 1.165) is 58.7 Å². The second-order valence-electron chi connectivity index (χ2n) is 8.90. The second kappa shape index (κ2) is 11.5. The van der Waals surface area contributed by atoms with Gasteiger partial charge in [0.05, 0.1) is 5.41 Å². The Morgan fingerprint density at radius 2 is 1.48 bits per heavy atom. The average Bonchev–Trinajstić information content (AvgIpc) is 3.18. The Balaban J connectivity index is 0.00000300. The van der Waals surface area contributed by atoms with Crippen LogP contribution in [0.5, 0.6) is 0 Å². The van der Waals surface area contributed by atoms with Crippen LogP contribution in [0, 0.1) is 17.3 Å². The zero-order valence-corrected chi connectivity index (χ0v) is 18.7. The Morgan fingerprint density at radius 3 is 1.97 bits per heavy atom. The first-order valence-corrected chi connectivity index (χ1v) is 11.0. The fourth-order valence-electron chi connectivity index (χ4n) is 4.81. The lowest BCUT2D eigenvalue weighted by Gasteiger charge is -2.33. The summed E-state index contributed by atoms with van der Waals surface area (Å²) < 4.78 is 10.8. The summed E-state index contributed by atoms with van der Waals surface area (Å²) in [7, 11) is 0. The summed E-state index contributed by atoms with van der Waals surface area (Å²) in [6.07, 6.45) is 4.89. The van der Waals surface area contributed by atoms with Gasteiger partial charge in [-0.3, -0.25) is 9.59 Å². The minimum absolute atomic E-state index is 0. The highest BCUT2D eigenvalue weighted by Crippen LogP contribution is 2.31. The van der Waals surface area contributed by atoms with Crippen LogP contribution in [0.1, 0.15) is 52.4 Å². The van der Waals surface area contributed by atoms with E-state index in [9.17, 15) is 9.59 Å². The summed E-state index contributed by atoms with van der Waals surface area (Å²) >= 11 is 0. The number of ether oxygens (including phenoxy) is 2. The third-order valence-corrected chi connectivity index (χ3v) is 6.92. The van der Waals surface area contributed by atoms with Crippen LogP contribution >= 0.6 is 12.4 Å². The molecule has 0 aliphatic carbocycles. The van der Waals surface area contributed by atoms with Crippen LogP contribution in [-0.4, -0.2) is 63.4 Å². The van der Waals surface area contributed by atoms with Crippen molar-refractivity contribution in [1.29, 1.82) is 0 Å². The minimum Gasteiger partial charge on any atom is -0.381 e. The molecule has 168 valence electrons. The SMILES string of the molecule is CC(NC(=O)CC1(C(=O)NC(C)C2CCOCC2)CCNC1)C1CCOCC1.Cl. The lowest BCUT2D eigenvalue weighted by atomic mass is 9.81. The summed E-state index contributed by atoms with van der Waals surface area (Å²) in [4.78, 5) is 25.9. The number of nitrogens with one attached hydrogen (secondary N) is 3. The maximum absolute atomic E-state index is 13.2. The van der Waals surface area contributed by atoms with Gasteiger partial charge in [0, 0.05) is 51.5 Å². The molecule has 3 heterocycles. The first-order chi connectivity index (χ1) is 13.5. The maximum Gasteiger partial charge on any atom is 0.228 e. The molecule has 0 aromatic heterocycles. The van der Waals surface area contributed by atoms with Crippen LogP contribution in [0.2, 0.25) is 0 Å². The van der Waals surface area contributed by atoms with Gasteiger partial charge in [-0.1, -0.05) is 0 Å². The van der Waals surface area contributed by atoms with E-state index in [4.69, 9.17) is 9.47 Å². The molecule has 0 aromatic rings. The number of carbonyl (C=O) groups is 2. The van der Waals surface area contributed by atoms with E-state index >= 15 is 0 Å². The monoisotopic (exact) mass is 431 g/mol. The van der Waals surface area contributed by atoms with Crippen LogP contribution in [0.15, 0.2) is 0 Å². The van der Waals surface area contributed by atoms with E-state index in [1.54, 1.807) is 0 Å². The van der Waals surface area contributed by atoms with Gasteiger partial charge in [-0.25, -0.2) is 0 Å². The molecule has 3 fully saturated rings. The maximum atomic E-state index is 13.2. The summed E-state index contributed by atoms with van der Waals surface area (Å²) in [5, 5.41) is 9.67. The molecule has 2 amide bonds. The molecule has 3 N–H and O–H groups in total. The highest BCUT2D eigenvalue weighted by molar-refractivity contribution is 5.89. The Labute approximate surface area is 180 Å². The highest BCUT2D eigenvalue weighted by atomic mass is 35.5. The summed E-state index contributed by atoms with van der Waals surface area (Å²) in [5.41, 5.74) is -0.640. The van der Waals surface area contributed by atoms with Crippen molar-refractivity contribution in [2.24, 2.45) is 17.3 Å². The summed E-state index contributed by atoms with van der Waals surface area (Å²) in [5.74, 6) is 0.908. The third kappa shape index (κ3) is 6.54. The van der Waals surface area contributed by atoms with Gasteiger partial charge in [-0.2, -0.15) is 0 Å².